The number of hydrazine groups is 1. The van der Waals surface area contributed by atoms with Crippen molar-refractivity contribution < 1.29 is 18.7 Å². The van der Waals surface area contributed by atoms with Gasteiger partial charge in [-0.15, -0.1) is 0 Å². The maximum atomic E-state index is 12.8. The van der Waals surface area contributed by atoms with Crippen LogP contribution in [0, 0.1) is 5.82 Å². The summed E-state index contributed by atoms with van der Waals surface area (Å²) in [7, 11) is 0. The molecule has 132 valence electrons. The van der Waals surface area contributed by atoms with E-state index >= 15 is 0 Å². The lowest BCUT2D eigenvalue weighted by Crippen LogP contribution is -2.47. The average Bonchev–Trinajstić information content (AvgIpc) is 2.57. The van der Waals surface area contributed by atoms with Crippen LogP contribution in [0.5, 0.6) is 5.75 Å². The highest BCUT2D eigenvalue weighted by molar-refractivity contribution is 6.35. The molecule has 0 saturated heterocycles. The fourth-order valence-corrected chi connectivity index (χ4v) is 2.36. The fraction of sp³-hybridized carbons (Fsp3) is 0.176. The number of carbonyl (C=O) groups is 2. The number of benzene rings is 2. The van der Waals surface area contributed by atoms with Gasteiger partial charge in [0.25, 0.3) is 5.91 Å². The molecule has 0 aromatic heterocycles. The summed E-state index contributed by atoms with van der Waals surface area (Å²) in [6, 6.07) is 10.0. The van der Waals surface area contributed by atoms with E-state index < -0.39 is 23.7 Å². The number of nitrogens with one attached hydrogen (secondary N) is 2. The molecule has 0 saturated carbocycles. The molecule has 25 heavy (non-hydrogen) atoms. The first kappa shape index (κ1) is 19.0. The van der Waals surface area contributed by atoms with Crippen LogP contribution in [0.1, 0.15) is 12.5 Å². The minimum Gasteiger partial charge on any atom is -0.481 e. The minimum absolute atomic E-state index is 0.0243. The first-order chi connectivity index (χ1) is 11.8. The van der Waals surface area contributed by atoms with Crippen molar-refractivity contribution in [3.05, 3.63) is 63.9 Å². The van der Waals surface area contributed by atoms with E-state index in [1.54, 1.807) is 12.1 Å². The molecule has 2 aromatic rings. The standard InChI is InChI=1S/C17H15Cl2FN2O3/c1-10(25-14-6-4-13(20)5-7-14)17(24)22-21-16(23)8-11-2-3-12(18)9-15(11)19/h2-7,9-10H,8H2,1H3,(H,21,23)(H,22,24)/t10-/m1/s1. The van der Waals surface area contributed by atoms with Crippen molar-refractivity contribution in [1.82, 2.24) is 10.9 Å². The molecule has 2 aromatic carbocycles. The summed E-state index contributed by atoms with van der Waals surface area (Å²) in [6.07, 6.45) is -0.909. The molecule has 2 N–H and O–H groups in total. The van der Waals surface area contributed by atoms with Crippen LogP contribution < -0.4 is 15.6 Å². The molecule has 0 unspecified atom stereocenters. The zero-order valence-electron chi connectivity index (χ0n) is 13.2. The Morgan fingerprint density at radius 1 is 1.12 bits per heavy atom. The van der Waals surface area contributed by atoms with Gasteiger partial charge in [0.05, 0.1) is 6.42 Å². The Labute approximate surface area is 154 Å². The third kappa shape index (κ3) is 5.92. The molecule has 0 radical (unpaired) electrons. The van der Waals surface area contributed by atoms with Crippen LogP contribution in [-0.4, -0.2) is 17.9 Å². The molecule has 2 amide bonds. The number of rotatable bonds is 5. The predicted molar refractivity (Wildman–Crippen MR) is 92.9 cm³/mol. The predicted octanol–water partition coefficient (Wildman–Crippen LogP) is 3.29. The van der Waals surface area contributed by atoms with Crippen molar-refractivity contribution in [3.8, 4) is 5.75 Å². The van der Waals surface area contributed by atoms with E-state index in [0.717, 1.165) is 0 Å². The highest BCUT2D eigenvalue weighted by atomic mass is 35.5. The molecule has 0 heterocycles. The fourth-order valence-electron chi connectivity index (χ4n) is 1.89. The number of amides is 2. The molecule has 2 rings (SSSR count). The highest BCUT2D eigenvalue weighted by Crippen LogP contribution is 2.21. The third-order valence-corrected chi connectivity index (χ3v) is 3.77. The lowest BCUT2D eigenvalue weighted by Gasteiger charge is -2.15. The molecule has 0 bridgehead atoms. The molecule has 5 nitrogen and oxygen atoms in total. The topological polar surface area (TPSA) is 67.4 Å². The molecule has 1 atom stereocenters. The minimum atomic E-state index is -0.884. The Morgan fingerprint density at radius 2 is 1.80 bits per heavy atom. The molecular weight excluding hydrogens is 370 g/mol. The second kappa shape index (κ2) is 8.69. The first-order valence-corrected chi connectivity index (χ1v) is 8.05. The summed E-state index contributed by atoms with van der Waals surface area (Å²) in [6.45, 7) is 1.50. The van der Waals surface area contributed by atoms with Crippen molar-refractivity contribution in [2.45, 2.75) is 19.4 Å². The Kier molecular flexibility index (Phi) is 6.61. The second-order valence-corrected chi connectivity index (χ2v) is 6.01. The summed E-state index contributed by atoms with van der Waals surface area (Å²) in [5.74, 6) is -1.08. The SMILES string of the molecule is C[C@@H](Oc1ccc(F)cc1)C(=O)NNC(=O)Cc1ccc(Cl)cc1Cl. The molecule has 0 aliphatic carbocycles. The van der Waals surface area contributed by atoms with Crippen LogP contribution in [0.4, 0.5) is 4.39 Å². The quantitative estimate of drug-likeness (QED) is 0.777. The van der Waals surface area contributed by atoms with Gasteiger partial charge in [-0.2, -0.15) is 0 Å². The van der Waals surface area contributed by atoms with E-state index in [1.807, 2.05) is 0 Å². The monoisotopic (exact) mass is 384 g/mol. The van der Waals surface area contributed by atoms with E-state index in [1.165, 1.54) is 37.3 Å². The number of hydrogen-bond donors (Lipinski definition) is 2. The van der Waals surface area contributed by atoms with Crippen molar-refractivity contribution in [1.29, 1.82) is 0 Å². The van der Waals surface area contributed by atoms with E-state index in [9.17, 15) is 14.0 Å². The maximum absolute atomic E-state index is 12.8. The van der Waals surface area contributed by atoms with Gasteiger partial charge in [0, 0.05) is 10.0 Å². The van der Waals surface area contributed by atoms with Gasteiger partial charge >= 0.3 is 0 Å². The van der Waals surface area contributed by atoms with Crippen LogP contribution >= 0.6 is 23.2 Å². The highest BCUT2D eigenvalue weighted by Gasteiger charge is 2.16. The summed E-state index contributed by atoms with van der Waals surface area (Å²) < 4.78 is 18.2. The van der Waals surface area contributed by atoms with E-state index in [4.69, 9.17) is 27.9 Å². The molecule has 0 spiro atoms. The zero-order chi connectivity index (χ0) is 18.4. The average molecular weight is 385 g/mol. The van der Waals surface area contributed by atoms with Gasteiger partial charge < -0.3 is 4.74 Å². The van der Waals surface area contributed by atoms with Gasteiger partial charge in [0.15, 0.2) is 6.10 Å². The molecule has 0 fully saturated rings. The smallest absolute Gasteiger partial charge is 0.279 e. The second-order valence-electron chi connectivity index (χ2n) is 5.16. The van der Waals surface area contributed by atoms with Crippen LogP contribution in [0.15, 0.2) is 42.5 Å². The van der Waals surface area contributed by atoms with E-state index in [0.29, 0.717) is 21.4 Å². The number of carbonyl (C=O) groups excluding carboxylic acids is 2. The van der Waals surface area contributed by atoms with Crippen LogP contribution in [0.2, 0.25) is 10.0 Å². The van der Waals surface area contributed by atoms with Gasteiger partial charge in [-0.3, -0.25) is 20.4 Å². The number of ether oxygens (including phenoxy) is 1. The van der Waals surface area contributed by atoms with Crippen molar-refractivity contribution >= 4 is 35.0 Å². The lowest BCUT2D eigenvalue weighted by molar-refractivity contribution is -0.132. The Balaban J connectivity index is 1.82. The molecule has 8 heteroatoms. The van der Waals surface area contributed by atoms with E-state index in [-0.39, 0.29) is 6.42 Å². The van der Waals surface area contributed by atoms with Crippen molar-refractivity contribution in [2.24, 2.45) is 0 Å². The molecule has 0 aliphatic heterocycles. The van der Waals surface area contributed by atoms with Crippen LogP contribution in [-0.2, 0) is 16.0 Å². The number of halogens is 3. The third-order valence-electron chi connectivity index (χ3n) is 3.19. The molecular formula is C17H15Cl2FN2O3. The first-order valence-electron chi connectivity index (χ1n) is 7.30. The number of hydrogen-bond acceptors (Lipinski definition) is 3. The van der Waals surface area contributed by atoms with Gasteiger partial charge in [0.2, 0.25) is 5.91 Å². The van der Waals surface area contributed by atoms with Gasteiger partial charge in [-0.25, -0.2) is 4.39 Å². The van der Waals surface area contributed by atoms with Gasteiger partial charge in [0.1, 0.15) is 11.6 Å². The summed E-state index contributed by atoms with van der Waals surface area (Å²) in [4.78, 5) is 23.8. The molecule has 0 aliphatic rings. The van der Waals surface area contributed by atoms with Gasteiger partial charge in [-0.1, -0.05) is 29.3 Å². The largest absolute Gasteiger partial charge is 0.481 e. The summed E-state index contributed by atoms with van der Waals surface area (Å²) in [5, 5.41) is 0.830. The van der Waals surface area contributed by atoms with Crippen molar-refractivity contribution in [3.63, 3.8) is 0 Å². The maximum Gasteiger partial charge on any atom is 0.279 e. The normalized spacial score (nSPS) is 11.5. The van der Waals surface area contributed by atoms with Crippen LogP contribution in [0.3, 0.4) is 0 Å². The van der Waals surface area contributed by atoms with Crippen LogP contribution in [0.25, 0.3) is 0 Å². The Morgan fingerprint density at radius 3 is 2.44 bits per heavy atom. The summed E-state index contributed by atoms with van der Waals surface area (Å²) >= 11 is 11.8. The van der Waals surface area contributed by atoms with Gasteiger partial charge in [-0.05, 0) is 48.9 Å². The zero-order valence-corrected chi connectivity index (χ0v) is 14.7. The van der Waals surface area contributed by atoms with Crippen molar-refractivity contribution in [2.75, 3.05) is 0 Å². The lowest BCUT2D eigenvalue weighted by atomic mass is 10.1. The Bertz CT molecular complexity index is 769. The summed E-state index contributed by atoms with van der Waals surface area (Å²) in [5.41, 5.74) is 5.11. The Hall–Kier alpha value is -2.31. The van der Waals surface area contributed by atoms with E-state index in [2.05, 4.69) is 10.9 Å².